The van der Waals surface area contributed by atoms with Crippen LogP contribution in [0.1, 0.15) is 29.0 Å². The van der Waals surface area contributed by atoms with Gasteiger partial charge in [-0.25, -0.2) is 19.9 Å². The number of nitrogens with zero attached hydrogens (tertiary/aromatic N) is 8. The van der Waals surface area contributed by atoms with E-state index in [0.29, 0.717) is 11.4 Å². The van der Waals surface area contributed by atoms with Crippen LogP contribution in [0, 0.1) is 0 Å². The Bertz CT molecular complexity index is 1430. The average molecular weight is 495 g/mol. The number of likely N-dealkylation sites (N-methyl/N-ethyl adjacent to an activating group) is 1. The summed E-state index contributed by atoms with van der Waals surface area (Å²) in [6.07, 6.45) is 9.63. The van der Waals surface area contributed by atoms with Crippen molar-refractivity contribution < 1.29 is 4.79 Å². The third kappa shape index (κ3) is 5.13. The Balaban J connectivity index is 1.21. The van der Waals surface area contributed by atoms with Gasteiger partial charge in [-0.2, -0.15) is 0 Å². The number of benzene rings is 1. The zero-order chi connectivity index (χ0) is 25.2. The van der Waals surface area contributed by atoms with Gasteiger partial charge in [-0.3, -0.25) is 9.78 Å². The summed E-state index contributed by atoms with van der Waals surface area (Å²) in [5.74, 6) is 2.25. The highest BCUT2D eigenvalue weighted by molar-refractivity contribution is 5.98. The predicted octanol–water partition coefficient (Wildman–Crippen LogP) is 3.26. The van der Waals surface area contributed by atoms with Crippen LogP contribution in [0.25, 0.3) is 22.2 Å². The molecular formula is C28H30N8O. The van der Waals surface area contributed by atoms with Crippen LogP contribution in [-0.4, -0.2) is 81.9 Å². The number of anilines is 2. The quantitative estimate of drug-likeness (QED) is 0.375. The van der Waals surface area contributed by atoms with E-state index in [2.05, 4.69) is 36.7 Å². The van der Waals surface area contributed by atoms with Crippen molar-refractivity contribution in [2.75, 3.05) is 56.1 Å². The number of piperazine rings is 1. The fraction of sp³-hybridized carbons (Fsp3) is 0.357. The van der Waals surface area contributed by atoms with Crippen molar-refractivity contribution in [1.82, 2.24) is 29.8 Å². The van der Waals surface area contributed by atoms with Gasteiger partial charge in [-0.1, -0.05) is 12.1 Å². The molecule has 4 aromatic rings. The molecule has 2 fully saturated rings. The predicted molar refractivity (Wildman–Crippen MR) is 144 cm³/mol. The van der Waals surface area contributed by atoms with Gasteiger partial charge in [0.2, 0.25) is 0 Å². The second-order valence-electron chi connectivity index (χ2n) is 9.81. The Morgan fingerprint density at radius 2 is 1.65 bits per heavy atom. The van der Waals surface area contributed by atoms with Crippen LogP contribution in [0.15, 0.2) is 55.1 Å². The number of rotatable bonds is 6. The SMILES string of the molecule is CN1CCN(c2cc(C(=O)Cc3ncc4ccc(-c5cncc(N6CCCC6)n5)cc4n3)ccn2)CC1. The van der Waals surface area contributed by atoms with Gasteiger partial charge in [0.1, 0.15) is 17.5 Å². The van der Waals surface area contributed by atoms with E-state index >= 15 is 0 Å². The van der Waals surface area contributed by atoms with Crippen molar-refractivity contribution in [1.29, 1.82) is 0 Å². The number of pyridine rings is 1. The Morgan fingerprint density at radius 3 is 2.49 bits per heavy atom. The summed E-state index contributed by atoms with van der Waals surface area (Å²) in [6.45, 7) is 5.83. The Kier molecular flexibility index (Phi) is 6.44. The molecule has 0 aliphatic carbocycles. The number of carbonyl (C=O) groups is 1. The summed E-state index contributed by atoms with van der Waals surface area (Å²) >= 11 is 0. The van der Waals surface area contributed by atoms with Crippen molar-refractivity contribution in [2.24, 2.45) is 0 Å². The lowest BCUT2D eigenvalue weighted by Gasteiger charge is -2.33. The van der Waals surface area contributed by atoms with Crippen LogP contribution >= 0.6 is 0 Å². The van der Waals surface area contributed by atoms with Crippen molar-refractivity contribution in [2.45, 2.75) is 19.3 Å². The molecule has 6 rings (SSSR count). The smallest absolute Gasteiger partial charge is 0.170 e. The number of carbonyl (C=O) groups excluding carboxylic acids is 1. The average Bonchev–Trinajstić information content (AvgIpc) is 3.49. The van der Waals surface area contributed by atoms with Crippen molar-refractivity contribution in [3.05, 3.63) is 66.5 Å². The van der Waals surface area contributed by atoms with Crippen LogP contribution in [0.3, 0.4) is 0 Å². The molecule has 0 atom stereocenters. The molecule has 5 heterocycles. The monoisotopic (exact) mass is 494 g/mol. The Morgan fingerprint density at radius 1 is 0.838 bits per heavy atom. The van der Waals surface area contributed by atoms with E-state index in [1.807, 2.05) is 30.5 Å². The normalized spacial score (nSPS) is 16.5. The standard InChI is InChI=1S/C28H30N8O/c1-34-10-12-36(13-11-34)27-15-21(6-7-30-27)25(37)16-26-31-17-22-5-4-20(14-23(22)32-26)24-18-29-19-28(33-24)35-8-2-3-9-35/h4-7,14-15,17-19H,2-3,8-13,16H2,1H3. The van der Waals surface area contributed by atoms with Crippen LogP contribution < -0.4 is 9.80 Å². The second-order valence-corrected chi connectivity index (χ2v) is 9.81. The molecule has 0 N–H and O–H groups in total. The van der Waals surface area contributed by atoms with Gasteiger partial charge in [-0.05, 0) is 38.1 Å². The molecule has 0 saturated carbocycles. The summed E-state index contributed by atoms with van der Waals surface area (Å²) in [6, 6.07) is 9.67. The number of hydrogen-bond donors (Lipinski definition) is 0. The number of ketones is 1. The first-order valence-electron chi connectivity index (χ1n) is 12.9. The summed E-state index contributed by atoms with van der Waals surface area (Å²) in [5.41, 5.74) is 3.19. The number of Topliss-reactive ketones (excluding diaryl/α,β-unsaturated/α-hetero) is 1. The van der Waals surface area contributed by atoms with Gasteiger partial charge < -0.3 is 14.7 Å². The molecule has 0 radical (unpaired) electrons. The number of aromatic nitrogens is 5. The van der Waals surface area contributed by atoms with Crippen LogP contribution in [0.2, 0.25) is 0 Å². The third-order valence-electron chi connectivity index (χ3n) is 7.19. The van der Waals surface area contributed by atoms with Crippen molar-refractivity contribution in [3.63, 3.8) is 0 Å². The number of fused-ring (bicyclic) bond motifs is 1. The molecule has 188 valence electrons. The molecule has 2 aliphatic heterocycles. The molecule has 0 spiro atoms. The summed E-state index contributed by atoms with van der Waals surface area (Å²) in [4.78, 5) is 42.9. The molecule has 2 aliphatic rings. The van der Waals surface area contributed by atoms with E-state index in [4.69, 9.17) is 9.97 Å². The maximum absolute atomic E-state index is 13.1. The topological polar surface area (TPSA) is 91.2 Å². The van der Waals surface area contributed by atoms with Gasteiger partial charge in [-0.15, -0.1) is 0 Å². The molecule has 0 bridgehead atoms. The minimum absolute atomic E-state index is 0.0162. The minimum atomic E-state index is -0.0162. The van der Waals surface area contributed by atoms with Gasteiger partial charge >= 0.3 is 0 Å². The minimum Gasteiger partial charge on any atom is -0.355 e. The first kappa shape index (κ1) is 23.4. The van der Waals surface area contributed by atoms with Crippen molar-refractivity contribution in [3.8, 4) is 11.3 Å². The third-order valence-corrected chi connectivity index (χ3v) is 7.19. The molecular weight excluding hydrogens is 464 g/mol. The highest BCUT2D eigenvalue weighted by atomic mass is 16.1. The fourth-order valence-electron chi connectivity index (χ4n) is 4.95. The van der Waals surface area contributed by atoms with E-state index in [1.54, 1.807) is 24.7 Å². The first-order chi connectivity index (χ1) is 18.1. The van der Waals surface area contributed by atoms with E-state index in [9.17, 15) is 4.79 Å². The highest BCUT2D eigenvalue weighted by Crippen LogP contribution is 2.25. The summed E-state index contributed by atoms with van der Waals surface area (Å²) < 4.78 is 0. The van der Waals surface area contributed by atoms with E-state index < -0.39 is 0 Å². The lowest BCUT2D eigenvalue weighted by Crippen LogP contribution is -2.44. The lowest BCUT2D eigenvalue weighted by atomic mass is 10.1. The largest absolute Gasteiger partial charge is 0.355 e. The van der Waals surface area contributed by atoms with Crippen LogP contribution in [0.5, 0.6) is 0 Å². The lowest BCUT2D eigenvalue weighted by molar-refractivity contribution is 0.0991. The molecule has 3 aromatic heterocycles. The van der Waals surface area contributed by atoms with Crippen LogP contribution in [0.4, 0.5) is 11.6 Å². The Labute approximate surface area is 216 Å². The van der Waals surface area contributed by atoms with E-state index in [1.165, 1.54) is 12.8 Å². The maximum atomic E-state index is 13.1. The molecule has 9 nitrogen and oxygen atoms in total. The highest BCUT2D eigenvalue weighted by Gasteiger charge is 2.18. The zero-order valence-electron chi connectivity index (χ0n) is 21.0. The molecule has 1 aromatic carbocycles. The summed E-state index contributed by atoms with van der Waals surface area (Å²) in [5, 5.41) is 0.921. The Hall–Kier alpha value is -3.98. The van der Waals surface area contributed by atoms with E-state index in [-0.39, 0.29) is 12.2 Å². The molecule has 0 unspecified atom stereocenters. The second kappa shape index (κ2) is 10.2. The maximum Gasteiger partial charge on any atom is 0.170 e. The van der Waals surface area contributed by atoms with Gasteiger partial charge in [0.25, 0.3) is 0 Å². The first-order valence-corrected chi connectivity index (χ1v) is 12.9. The molecule has 2 saturated heterocycles. The summed E-state index contributed by atoms with van der Waals surface area (Å²) in [7, 11) is 2.12. The van der Waals surface area contributed by atoms with Gasteiger partial charge in [0.05, 0.1) is 30.0 Å². The fourth-order valence-corrected chi connectivity index (χ4v) is 4.95. The molecule has 9 heteroatoms. The zero-order valence-corrected chi connectivity index (χ0v) is 21.0. The van der Waals surface area contributed by atoms with Gasteiger partial charge in [0, 0.05) is 68.2 Å². The van der Waals surface area contributed by atoms with E-state index in [0.717, 1.165) is 73.1 Å². The molecule has 0 amide bonds. The molecule has 37 heavy (non-hydrogen) atoms. The van der Waals surface area contributed by atoms with Crippen LogP contribution in [-0.2, 0) is 6.42 Å². The van der Waals surface area contributed by atoms with Crippen molar-refractivity contribution >= 4 is 28.3 Å². The number of hydrogen-bond acceptors (Lipinski definition) is 9. The van der Waals surface area contributed by atoms with Gasteiger partial charge in [0.15, 0.2) is 5.78 Å².